The summed E-state index contributed by atoms with van der Waals surface area (Å²) >= 11 is 4.82. The highest BCUT2D eigenvalue weighted by Gasteiger charge is 2.18. The summed E-state index contributed by atoms with van der Waals surface area (Å²) in [6.07, 6.45) is 0.658. The normalized spacial score (nSPS) is 12.5. The van der Waals surface area contributed by atoms with E-state index in [2.05, 4.69) is 17.1 Å². The second kappa shape index (κ2) is 7.59. The Hall–Kier alpha value is -0.680. The SMILES string of the molecule is CCC(C(=O)NCCN(C)CC)C(N)=S. The van der Waals surface area contributed by atoms with Crippen molar-refractivity contribution in [1.82, 2.24) is 10.2 Å². The second-order valence-electron chi connectivity index (χ2n) is 3.55. The van der Waals surface area contributed by atoms with Gasteiger partial charge >= 0.3 is 0 Å². The van der Waals surface area contributed by atoms with E-state index in [9.17, 15) is 4.79 Å². The molecular formula is C10H21N3OS. The molecule has 3 N–H and O–H groups in total. The van der Waals surface area contributed by atoms with Crippen molar-refractivity contribution in [3.05, 3.63) is 0 Å². The van der Waals surface area contributed by atoms with Crippen LogP contribution in [0.3, 0.4) is 0 Å². The molecule has 0 aliphatic carbocycles. The molecule has 0 aliphatic heterocycles. The number of nitrogens with one attached hydrogen (secondary N) is 1. The van der Waals surface area contributed by atoms with Gasteiger partial charge in [-0.25, -0.2) is 0 Å². The number of hydrogen-bond acceptors (Lipinski definition) is 3. The molecule has 0 bridgehead atoms. The van der Waals surface area contributed by atoms with Crippen molar-refractivity contribution in [2.75, 3.05) is 26.7 Å². The van der Waals surface area contributed by atoms with Crippen LogP contribution in [0.2, 0.25) is 0 Å². The monoisotopic (exact) mass is 231 g/mol. The van der Waals surface area contributed by atoms with Crippen molar-refractivity contribution in [2.45, 2.75) is 20.3 Å². The maximum Gasteiger partial charge on any atom is 0.229 e. The number of hydrogen-bond donors (Lipinski definition) is 2. The molecule has 0 radical (unpaired) electrons. The van der Waals surface area contributed by atoms with Crippen molar-refractivity contribution in [1.29, 1.82) is 0 Å². The molecule has 1 amide bonds. The van der Waals surface area contributed by atoms with Crippen LogP contribution in [0.5, 0.6) is 0 Å². The lowest BCUT2D eigenvalue weighted by atomic mass is 10.1. The summed E-state index contributed by atoms with van der Waals surface area (Å²) in [5.41, 5.74) is 5.47. The fourth-order valence-corrected chi connectivity index (χ4v) is 1.44. The molecule has 0 saturated heterocycles. The van der Waals surface area contributed by atoms with Crippen LogP contribution >= 0.6 is 12.2 Å². The van der Waals surface area contributed by atoms with E-state index in [0.717, 1.165) is 13.1 Å². The standard InChI is InChI=1S/C10H21N3OS/c1-4-8(9(11)15)10(14)12-6-7-13(3)5-2/h8H,4-7H2,1-3H3,(H2,11,15)(H,12,14). The number of rotatable bonds is 7. The molecule has 1 unspecified atom stereocenters. The average Bonchev–Trinajstić information content (AvgIpc) is 2.17. The Morgan fingerprint density at radius 2 is 2.13 bits per heavy atom. The van der Waals surface area contributed by atoms with Crippen LogP contribution in [0.15, 0.2) is 0 Å². The van der Waals surface area contributed by atoms with Crippen molar-refractivity contribution in [2.24, 2.45) is 11.7 Å². The molecule has 4 nitrogen and oxygen atoms in total. The molecule has 0 saturated carbocycles. The summed E-state index contributed by atoms with van der Waals surface area (Å²) < 4.78 is 0. The van der Waals surface area contributed by atoms with Gasteiger partial charge in [0.15, 0.2) is 0 Å². The van der Waals surface area contributed by atoms with E-state index in [4.69, 9.17) is 18.0 Å². The first-order valence-corrected chi connectivity index (χ1v) is 5.69. The molecular weight excluding hydrogens is 210 g/mol. The summed E-state index contributed by atoms with van der Waals surface area (Å²) in [6.45, 7) is 6.44. The van der Waals surface area contributed by atoms with Crippen LogP contribution in [0.4, 0.5) is 0 Å². The van der Waals surface area contributed by atoms with E-state index in [1.54, 1.807) is 0 Å². The number of carbonyl (C=O) groups is 1. The topological polar surface area (TPSA) is 58.4 Å². The van der Waals surface area contributed by atoms with Crippen molar-refractivity contribution >= 4 is 23.1 Å². The van der Waals surface area contributed by atoms with Crippen molar-refractivity contribution in [3.63, 3.8) is 0 Å². The van der Waals surface area contributed by atoms with Crippen molar-refractivity contribution < 1.29 is 4.79 Å². The number of nitrogens with zero attached hydrogens (tertiary/aromatic N) is 1. The second-order valence-corrected chi connectivity index (χ2v) is 4.02. The Labute approximate surface area is 97.2 Å². The van der Waals surface area contributed by atoms with Gasteiger partial charge in [0.25, 0.3) is 0 Å². The molecule has 0 aromatic rings. The number of amides is 1. The predicted octanol–water partition coefficient (Wildman–Crippen LogP) is 0.367. The fraction of sp³-hybridized carbons (Fsp3) is 0.800. The first-order chi connectivity index (χ1) is 7.02. The maximum absolute atomic E-state index is 11.6. The molecule has 0 aliphatic rings. The Morgan fingerprint density at radius 1 is 1.53 bits per heavy atom. The molecule has 5 heteroatoms. The summed E-state index contributed by atoms with van der Waals surface area (Å²) in [4.78, 5) is 14.0. The lowest BCUT2D eigenvalue weighted by Crippen LogP contribution is -2.40. The van der Waals surface area contributed by atoms with Crippen LogP contribution in [0.25, 0.3) is 0 Å². The van der Waals surface area contributed by atoms with Crippen LogP contribution < -0.4 is 11.1 Å². The highest BCUT2D eigenvalue weighted by Crippen LogP contribution is 2.02. The predicted molar refractivity (Wildman–Crippen MR) is 66.7 cm³/mol. The van der Waals surface area contributed by atoms with E-state index < -0.39 is 0 Å². The zero-order chi connectivity index (χ0) is 11.8. The minimum atomic E-state index is -0.327. The zero-order valence-corrected chi connectivity index (χ0v) is 10.6. The van der Waals surface area contributed by atoms with E-state index in [-0.39, 0.29) is 16.8 Å². The first kappa shape index (κ1) is 14.3. The fourth-order valence-electron chi connectivity index (χ4n) is 1.17. The number of nitrogens with two attached hydrogens (primary N) is 1. The number of carbonyl (C=O) groups excluding carboxylic acids is 1. The molecule has 0 aromatic carbocycles. The maximum atomic E-state index is 11.6. The first-order valence-electron chi connectivity index (χ1n) is 5.28. The Kier molecular flexibility index (Phi) is 7.25. The van der Waals surface area contributed by atoms with E-state index in [0.29, 0.717) is 13.0 Å². The van der Waals surface area contributed by atoms with Crippen LogP contribution in [0.1, 0.15) is 20.3 Å². The summed E-state index contributed by atoms with van der Waals surface area (Å²) in [7, 11) is 2.01. The van der Waals surface area contributed by atoms with Gasteiger partial charge in [-0.05, 0) is 20.0 Å². The minimum absolute atomic E-state index is 0.0606. The van der Waals surface area contributed by atoms with Gasteiger partial charge in [0, 0.05) is 13.1 Å². The Morgan fingerprint density at radius 3 is 2.53 bits per heavy atom. The smallest absolute Gasteiger partial charge is 0.229 e. The third-order valence-corrected chi connectivity index (χ3v) is 2.69. The molecule has 0 heterocycles. The molecule has 0 spiro atoms. The molecule has 15 heavy (non-hydrogen) atoms. The van der Waals surface area contributed by atoms with Crippen LogP contribution in [0, 0.1) is 5.92 Å². The lowest BCUT2D eigenvalue weighted by Gasteiger charge is -2.16. The van der Waals surface area contributed by atoms with Gasteiger partial charge in [-0.15, -0.1) is 0 Å². The van der Waals surface area contributed by atoms with Crippen LogP contribution in [-0.2, 0) is 4.79 Å². The van der Waals surface area contributed by atoms with Gasteiger partial charge in [0.05, 0.1) is 10.9 Å². The summed E-state index contributed by atoms with van der Waals surface area (Å²) in [6, 6.07) is 0. The molecule has 0 aromatic heterocycles. The third-order valence-electron chi connectivity index (χ3n) is 2.40. The van der Waals surface area contributed by atoms with E-state index in [1.807, 2.05) is 14.0 Å². The molecule has 0 fully saturated rings. The zero-order valence-electron chi connectivity index (χ0n) is 9.75. The van der Waals surface area contributed by atoms with Gasteiger partial charge in [-0.2, -0.15) is 0 Å². The number of likely N-dealkylation sites (N-methyl/N-ethyl adjacent to an activating group) is 1. The highest BCUT2D eigenvalue weighted by molar-refractivity contribution is 7.80. The van der Waals surface area contributed by atoms with Gasteiger partial charge in [-0.3, -0.25) is 4.79 Å². The highest BCUT2D eigenvalue weighted by atomic mass is 32.1. The van der Waals surface area contributed by atoms with Crippen molar-refractivity contribution in [3.8, 4) is 0 Å². The van der Waals surface area contributed by atoms with Gasteiger partial charge in [-0.1, -0.05) is 26.1 Å². The summed E-state index contributed by atoms with van der Waals surface area (Å²) in [5.74, 6) is -0.388. The Balaban J connectivity index is 3.87. The molecule has 88 valence electrons. The third kappa shape index (κ3) is 5.69. The van der Waals surface area contributed by atoms with Gasteiger partial charge < -0.3 is 16.0 Å². The van der Waals surface area contributed by atoms with Gasteiger partial charge in [0.2, 0.25) is 5.91 Å². The number of thiocarbonyl (C=S) groups is 1. The summed E-state index contributed by atoms with van der Waals surface area (Å²) in [5, 5.41) is 2.83. The minimum Gasteiger partial charge on any atom is -0.393 e. The lowest BCUT2D eigenvalue weighted by molar-refractivity contribution is -0.123. The quantitative estimate of drug-likeness (QED) is 0.621. The van der Waals surface area contributed by atoms with Gasteiger partial charge in [0.1, 0.15) is 0 Å². The molecule has 0 rings (SSSR count). The largest absolute Gasteiger partial charge is 0.393 e. The Bertz CT molecular complexity index is 221. The molecule has 1 atom stereocenters. The van der Waals surface area contributed by atoms with Crippen LogP contribution in [-0.4, -0.2) is 42.5 Å². The van der Waals surface area contributed by atoms with E-state index in [1.165, 1.54) is 0 Å². The average molecular weight is 231 g/mol. The van der Waals surface area contributed by atoms with E-state index >= 15 is 0 Å².